The minimum absolute atomic E-state index is 0.0281. The molecule has 0 radical (unpaired) electrons. The fourth-order valence-electron chi connectivity index (χ4n) is 1.65. The van der Waals surface area contributed by atoms with Crippen molar-refractivity contribution < 1.29 is 0 Å². The van der Waals surface area contributed by atoms with E-state index >= 15 is 0 Å². The number of aromatic amines is 1. The topological polar surface area (TPSA) is 49.0 Å². The molecule has 70 valence electrons. The van der Waals surface area contributed by atoms with Crippen LogP contribution in [0.5, 0.6) is 0 Å². The molecule has 2 heterocycles. The third kappa shape index (κ3) is 1.62. The minimum Gasteiger partial charge on any atom is -0.313 e. The van der Waals surface area contributed by atoms with Crippen molar-refractivity contribution in [3.8, 4) is 0 Å². The van der Waals surface area contributed by atoms with Crippen LogP contribution in [0.1, 0.15) is 11.3 Å². The van der Waals surface area contributed by atoms with Crippen molar-refractivity contribution >= 4 is 0 Å². The smallest absolute Gasteiger partial charge is 0.254 e. The van der Waals surface area contributed by atoms with E-state index in [-0.39, 0.29) is 5.56 Å². The zero-order valence-electron chi connectivity index (χ0n) is 7.71. The average molecular weight is 179 g/mol. The molecule has 0 saturated carbocycles. The summed E-state index contributed by atoms with van der Waals surface area (Å²) in [5, 5.41) is 0. The Morgan fingerprint density at radius 2 is 2.23 bits per heavy atom. The van der Waals surface area contributed by atoms with Crippen LogP contribution in [0.25, 0.3) is 0 Å². The fourth-order valence-corrected chi connectivity index (χ4v) is 1.65. The molecule has 0 aromatic carbocycles. The second kappa shape index (κ2) is 3.30. The highest BCUT2D eigenvalue weighted by Gasteiger charge is 2.14. The molecule has 1 aromatic rings. The van der Waals surface area contributed by atoms with E-state index in [1.54, 1.807) is 0 Å². The van der Waals surface area contributed by atoms with Gasteiger partial charge in [0, 0.05) is 25.1 Å². The van der Waals surface area contributed by atoms with Gasteiger partial charge in [-0.2, -0.15) is 0 Å². The summed E-state index contributed by atoms with van der Waals surface area (Å²) in [5.74, 6) is 0. The molecule has 4 nitrogen and oxygen atoms in total. The summed E-state index contributed by atoms with van der Waals surface area (Å²) in [7, 11) is 2.07. The second-order valence-electron chi connectivity index (χ2n) is 3.46. The van der Waals surface area contributed by atoms with E-state index in [4.69, 9.17) is 0 Å². The first-order valence-electron chi connectivity index (χ1n) is 4.51. The Bertz CT molecular complexity index is 358. The first-order valence-corrected chi connectivity index (χ1v) is 4.51. The lowest BCUT2D eigenvalue weighted by Crippen LogP contribution is -2.21. The van der Waals surface area contributed by atoms with Crippen molar-refractivity contribution in [1.82, 2.24) is 14.9 Å². The lowest BCUT2D eigenvalue weighted by atomic mass is 10.1. The molecule has 1 aliphatic rings. The number of fused-ring (bicyclic) bond motifs is 1. The minimum atomic E-state index is 0.0281. The number of likely N-dealkylation sites (N-methyl/N-ethyl adjacent to an activating group) is 1. The molecule has 13 heavy (non-hydrogen) atoms. The Hall–Kier alpha value is -1.16. The number of nitrogens with one attached hydrogen (secondary N) is 1. The third-order valence-corrected chi connectivity index (χ3v) is 2.51. The fraction of sp³-hybridized carbons (Fsp3) is 0.556. The van der Waals surface area contributed by atoms with Crippen LogP contribution in [-0.4, -0.2) is 35.0 Å². The van der Waals surface area contributed by atoms with Gasteiger partial charge in [0.2, 0.25) is 0 Å². The molecular formula is C9H13N3O. The number of aromatic nitrogens is 2. The van der Waals surface area contributed by atoms with Crippen LogP contribution >= 0.6 is 0 Å². The molecule has 0 amide bonds. The predicted octanol–water partition coefficient (Wildman–Crippen LogP) is -0.200. The van der Waals surface area contributed by atoms with E-state index in [9.17, 15) is 4.79 Å². The lowest BCUT2D eigenvalue weighted by molar-refractivity contribution is 0.351. The molecule has 0 aliphatic carbocycles. The van der Waals surface area contributed by atoms with Crippen LogP contribution in [0.2, 0.25) is 0 Å². The third-order valence-electron chi connectivity index (χ3n) is 2.51. The van der Waals surface area contributed by atoms with Gasteiger partial charge >= 0.3 is 0 Å². The van der Waals surface area contributed by atoms with Crippen LogP contribution in [0.3, 0.4) is 0 Å². The zero-order valence-corrected chi connectivity index (χ0v) is 7.71. The van der Waals surface area contributed by atoms with Crippen molar-refractivity contribution in [3.05, 3.63) is 27.9 Å². The highest BCUT2D eigenvalue weighted by atomic mass is 16.1. The summed E-state index contributed by atoms with van der Waals surface area (Å²) >= 11 is 0. The molecule has 1 aromatic heterocycles. The van der Waals surface area contributed by atoms with Crippen molar-refractivity contribution in [3.63, 3.8) is 0 Å². The number of hydrogen-bond acceptors (Lipinski definition) is 3. The number of H-pyrrole nitrogens is 1. The van der Waals surface area contributed by atoms with Gasteiger partial charge in [-0.05, 0) is 13.5 Å². The zero-order chi connectivity index (χ0) is 9.26. The summed E-state index contributed by atoms with van der Waals surface area (Å²) < 4.78 is 0. The first-order chi connectivity index (χ1) is 6.27. The summed E-state index contributed by atoms with van der Waals surface area (Å²) in [5.41, 5.74) is 1.86. The van der Waals surface area contributed by atoms with Crippen LogP contribution in [0, 0.1) is 0 Å². The summed E-state index contributed by atoms with van der Waals surface area (Å²) in [6, 6.07) is 0. The molecule has 4 heteroatoms. The Morgan fingerprint density at radius 1 is 1.46 bits per heavy atom. The first kappa shape index (κ1) is 8.44. The van der Waals surface area contributed by atoms with Gasteiger partial charge in [-0.15, -0.1) is 0 Å². The van der Waals surface area contributed by atoms with Gasteiger partial charge in [-0.25, -0.2) is 4.98 Å². The largest absolute Gasteiger partial charge is 0.313 e. The Balaban J connectivity index is 2.41. The maximum absolute atomic E-state index is 11.4. The maximum Gasteiger partial charge on any atom is 0.254 e. The molecule has 0 bridgehead atoms. The normalized spacial score (nSPS) is 17.9. The molecule has 0 spiro atoms. The van der Waals surface area contributed by atoms with Crippen molar-refractivity contribution in [2.24, 2.45) is 0 Å². The van der Waals surface area contributed by atoms with E-state index in [2.05, 4.69) is 21.9 Å². The second-order valence-corrected chi connectivity index (χ2v) is 3.46. The molecule has 0 unspecified atom stereocenters. The predicted molar refractivity (Wildman–Crippen MR) is 49.8 cm³/mol. The Kier molecular flexibility index (Phi) is 2.14. The molecular weight excluding hydrogens is 166 g/mol. The molecule has 1 N–H and O–H groups in total. The van der Waals surface area contributed by atoms with E-state index in [0.29, 0.717) is 0 Å². The SMILES string of the molecule is CN1CCc2nc[nH]c(=O)c2CC1. The van der Waals surface area contributed by atoms with Crippen LogP contribution < -0.4 is 5.56 Å². The van der Waals surface area contributed by atoms with E-state index < -0.39 is 0 Å². The van der Waals surface area contributed by atoms with Gasteiger partial charge in [-0.1, -0.05) is 0 Å². The summed E-state index contributed by atoms with van der Waals surface area (Å²) in [6.45, 7) is 1.94. The van der Waals surface area contributed by atoms with E-state index in [1.807, 2.05) is 0 Å². The average Bonchev–Trinajstić information content (AvgIpc) is 2.30. The summed E-state index contributed by atoms with van der Waals surface area (Å²) in [4.78, 5) is 20.4. The van der Waals surface area contributed by atoms with Crippen molar-refractivity contribution in [2.45, 2.75) is 12.8 Å². The van der Waals surface area contributed by atoms with Gasteiger partial charge in [0.25, 0.3) is 5.56 Å². The van der Waals surface area contributed by atoms with Gasteiger partial charge in [0.05, 0.1) is 12.0 Å². The number of hydrogen-bond donors (Lipinski definition) is 1. The Morgan fingerprint density at radius 3 is 3.08 bits per heavy atom. The van der Waals surface area contributed by atoms with Crippen LogP contribution in [0.4, 0.5) is 0 Å². The van der Waals surface area contributed by atoms with Crippen LogP contribution in [0.15, 0.2) is 11.1 Å². The monoisotopic (exact) mass is 179 g/mol. The molecule has 0 atom stereocenters. The van der Waals surface area contributed by atoms with Gasteiger partial charge in [0.1, 0.15) is 0 Å². The van der Waals surface area contributed by atoms with E-state index in [1.165, 1.54) is 6.33 Å². The maximum atomic E-state index is 11.4. The van der Waals surface area contributed by atoms with Crippen molar-refractivity contribution in [2.75, 3.05) is 20.1 Å². The van der Waals surface area contributed by atoms with Crippen molar-refractivity contribution in [1.29, 1.82) is 0 Å². The highest BCUT2D eigenvalue weighted by molar-refractivity contribution is 5.18. The standard InChI is InChI=1S/C9H13N3O/c1-12-4-2-7-8(3-5-12)10-6-11-9(7)13/h6H,2-5H2,1H3,(H,10,11,13). The molecule has 0 saturated heterocycles. The highest BCUT2D eigenvalue weighted by Crippen LogP contribution is 2.07. The number of rotatable bonds is 0. The molecule has 0 fully saturated rings. The molecule has 1 aliphatic heterocycles. The quantitative estimate of drug-likeness (QED) is 0.600. The van der Waals surface area contributed by atoms with Gasteiger partial charge in [0.15, 0.2) is 0 Å². The Labute approximate surface area is 76.6 Å². The van der Waals surface area contributed by atoms with Crippen LogP contribution in [-0.2, 0) is 12.8 Å². The van der Waals surface area contributed by atoms with E-state index in [0.717, 1.165) is 37.2 Å². The number of nitrogens with zero attached hydrogens (tertiary/aromatic N) is 2. The van der Waals surface area contributed by atoms with Gasteiger partial charge < -0.3 is 9.88 Å². The van der Waals surface area contributed by atoms with Gasteiger partial charge in [-0.3, -0.25) is 4.79 Å². The summed E-state index contributed by atoms with van der Waals surface area (Å²) in [6.07, 6.45) is 3.19. The lowest BCUT2D eigenvalue weighted by Gasteiger charge is -2.10. The molecule has 2 rings (SSSR count).